The zero-order valence-corrected chi connectivity index (χ0v) is 13.2. The lowest BCUT2D eigenvalue weighted by Gasteiger charge is -2.28. The van der Waals surface area contributed by atoms with E-state index >= 15 is 0 Å². The minimum atomic E-state index is -0.423. The van der Waals surface area contributed by atoms with E-state index in [2.05, 4.69) is 10.6 Å². The predicted octanol–water partition coefficient (Wildman–Crippen LogP) is 2.23. The van der Waals surface area contributed by atoms with E-state index in [4.69, 9.17) is 4.74 Å². The van der Waals surface area contributed by atoms with E-state index in [0.29, 0.717) is 13.2 Å². The third-order valence-electron chi connectivity index (χ3n) is 4.19. The lowest BCUT2D eigenvalue weighted by Crippen LogP contribution is -2.53. The molecule has 1 aromatic rings. The summed E-state index contributed by atoms with van der Waals surface area (Å²) >= 11 is 0. The summed E-state index contributed by atoms with van der Waals surface area (Å²) in [5, 5.41) is 15.3. The van der Waals surface area contributed by atoms with Crippen LogP contribution < -0.4 is 15.4 Å². The van der Waals surface area contributed by atoms with Crippen LogP contribution in [-0.2, 0) is 6.42 Å². The van der Waals surface area contributed by atoms with Crippen LogP contribution in [0.15, 0.2) is 24.3 Å². The number of aliphatic hydroxyl groups is 1. The van der Waals surface area contributed by atoms with Crippen LogP contribution >= 0.6 is 0 Å². The summed E-state index contributed by atoms with van der Waals surface area (Å²) in [4.78, 5) is 12.0. The van der Waals surface area contributed by atoms with E-state index in [1.165, 1.54) is 0 Å². The molecule has 5 nitrogen and oxygen atoms in total. The van der Waals surface area contributed by atoms with Crippen molar-refractivity contribution in [2.24, 2.45) is 0 Å². The number of rotatable bonds is 7. The molecule has 0 heterocycles. The highest BCUT2D eigenvalue weighted by molar-refractivity contribution is 5.74. The summed E-state index contributed by atoms with van der Waals surface area (Å²) in [6.07, 6.45) is 4.54. The van der Waals surface area contributed by atoms with Gasteiger partial charge in [-0.25, -0.2) is 4.79 Å². The highest BCUT2D eigenvalue weighted by Gasteiger charge is 2.34. The lowest BCUT2D eigenvalue weighted by atomic mass is 9.99. The Balaban J connectivity index is 1.80. The van der Waals surface area contributed by atoms with Gasteiger partial charge in [0.1, 0.15) is 5.75 Å². The monoisotopic (exact) mass is 306 g/mol. The topological polar surface area (TPSA) is 70.6 Å². The molecule has 2 rings (SSSR count). The van der Waals surface area contributed by atoms with E-state index in [1.807, 2.05) is 31.2 Å². The van der Waals surface area contributed by atoms with Crippen LogP contribution in [0.1, 0.15) is 38.2 Å². The van der Waals surface area contributed by atoms with E-state index < -0.39 is 5.54 Å². The summed E-state index contributed by atoms with van der Waals surface area (Å²) in [5.74, 6) is 0.870. The van der Waals surface area contributed by atoms with Crippen LogP contribution in [0.3, 0.4) is 0 Å². The molecule has 0 spiro atoms. The number of urea groups is 1. The molecule has 3 N–H and O–H groups in total. The molecule has 22 heavy (non-hydrogen) atoms. The largest absolute Gasteiger partial charge is 0.494 e. The second kappa shape index (κ2) is 8.03. The second-order valence-corrected chi connectivity index (χ2v) is 5.82. The molecule has 1 aliphatic carbocycles. The number of nitrogens with one attached hydrogen (secondary N) is 2. The number of hydrogen-bond donors (Lipinski definition) is 3. The Morgan fingerprint density at radius 1 is 1.32 bits per heavy atom. The number of benzene rings is 1. The maximum Gasteiger partial charge on any atom is 0.315 e. The van der Waals surface area contributed by atoms with Crippen molar-refractivity contribution >= 4 is 6.03 Å². The van der Waals surface area contributed by atoms with Crippen LogP contribution in [0.25, 0.3) is 0 Å². The molecule has 0 radical (unpaired) electrons. The first-order chi connectivity index (χ1) is 10.7. The smallest absolute Gasteiger partial charge is 0.315 e. The number of carbonyl (C=O) groups excluding carboxylic acids is 1. The van der Waals surface area contributed by atoms with Crippen LogP contribution in [0.5, 0.6) is 5.75 Å². The maximum atomic E-state index is 12.0. The van der Waals surface area contributed by atoms with E-state index in [9.17, 15) is 9.90 Å². The highest BCUT2D eigenvalue weighted by atomic mass is 16.5. The minimum Gasteiger partial charge on any atom is -0.494 e. The minimum absolute atomic E-state index is 0.00753. The molecule has 0 unspecified atom stereocenters. The van der Waals surface area contributed by atoms with E-state index in [0.717, 1.165) is 43.4 Å². The van der Waals surface area contributed by atoms with E-state index in [-0.39, 0.29) is 12.6 Å². The fourth-order valence-electron chi connectivity index (χ4n) is 2.98. The molecule has 0 saturated heterocycles. The van der Waals surface area contributed by atoms with Gasteiger partial charge in [0.2, 0.25) is 0 Å². The number of hydrogen-bond acceptors (Lipinski definition) is 3. The normalized spacial score (nSPS) is 16.3. The first-order valence-corrected chi connectivity index (χ1v) is 8.07. The number of amides is 2. The van der Waals surface area contributed by atoms with Gasteiger partial charge in [-0.3, -0.25) is 0 Å². The molecular formula is C17H26N2O3. The van der Waals surface area contributed by atoms with Gasteiger partial charge in [-0.05, 0) is 37.8 Å². The Labute approximate surface area is 132 Å². The Bertz CT molecular complexity index is 485. The molecule has 1 aliphatic rings. The fourth-order valence-corrected chi connectivity index (χ4v) is 2.98. The third-order valence-corrected chi connectivity index (χ3v) is 4.19. The van der Waals surface area contributed by atoms with Crippen molar-refractivity contribution < 1.29 is 14.6 Å². The maximum absolute atomic E-state index is 12.0. The van der Waals surface area contributed by atoms with Crippen molar-refractivity contribution in [3.63, 3.8) is 0 Å². The van der Waals surface area contributed by atoms with Gasteiger partial charge >= 0.3 is 6.03 Å². The zero-order chi connectivity index (χ0) is 15.8. The van der Waals surface area contributed by atoms with Gasteiger partial charge in [-0.15, -0.1) is 0 Å². The molecule has 1 aromatic carbocycles. The number of ether oxygens (including phenoxy) is 1. The molecule has 0 bridgehead atoms. The average molecular weight is 306 g/mol. The highest BCUT2D eigenvalue weighted by Crippen LogP contribution is 2.28. The number of aliphatic hydroxyl groups excluding tert-OH is 1. The fraction of sp³-hybridized carbons (Fsp3) is 0.588. The molecule has 0 aliphatic heterocycles. The van der Waals surface area contributed by atoms with Crippen LogP contribution in [0.4, 0.5) is 4.79 Å². The molecule has 1 fully saturated rings. The van der Waals surface area contributed by atoms with Gasteiger partial charge in [0, 0.05) is 6.54 Å². The van der Waals surface area contributed by atoms with Gasteiger partial charge < -0.3 is 20.5 Å². The molecule has 5 heteroatoms. The third kappa shape index (κ3) is 4.37. The van der Waals surface area contributed by atoms with Crippen LogP contribution in [-0.4, -0.2) is 36.4 Å². The summed E-state index contributed by atoms with van der Waals surface area (Å²) < 4.78 is 5.57. The molecule has 0 aromatic heterocycles. The Hall–Kier alpha value is -1.75. The second-order valence-electron chi connectivity index (χ2n) is 5.82. The Morgan fingerprint density at radius 2 is 2.05 bits per heavy atom. The SMILES string of the molecule is CCOc1ccccc1CCNC(=O)NC1(CO)CCCC1. The number of carbonyl (C=O) groups is 1. The summed E-state index contributed by atoms with van der Waals surface area (Å²) in [6.45, 7) is 3.13. The van der Waals surface area contributed by atoms with Crippen molar-refractivity contribution in [3.8, 4) is 5.75 Å². The standard InChI is InChI=1S/C17H26N2O3/c1-2-22-15-8-4-3-7-14(15)9-12-18-16(21)19-17(13-20)10-5-6-11-17/h3-4,7-8,20H,2,5-6,9-13H2,1H3,(H2,18,19,21). The zero-order valence-electron chi connectivity index (χ0n) is 13.2. The molecule has 122 valence electrons. The average Bonchev–Trinajstić information content (AvgIpc) is 2.98. The van der Waals surface area contributed by atoms with Gasteiger partial charge in [-0.1, -0.05) is 31.0 Å². The molecule has 1 saturated carbocycles. The predicted molar refractivity (Wildman–Crippen MR) is 86.1 cm³/mol. The number of para-hydroxylation sites is 1. The Morgan fingerprint density at radius 3 is 2.73 bits per heavy atom. The van der Waals surface area contributed by atoms with Crippen molar-refractivity contribution in [1.29, 1.82) is 0 Å². The molecular weight excluding hydrogens is 280 g/mol. The van der Waals surface area contributed by atoms with E-state index in [1.54, 1.807) is 0 Å². The summed E-state index contributed by atoms with van der Waals surface area (Å²) in [6, 6.07) is 7.66. The molecule has 2 amide bonds. The first-order valence-electron chi connectivity index (χ1n) is 8.07. The lowest BCUT2D eigenvalue weighted by molar-refractivity contribution is 0.163. The van der Waals surface area contributed by atoms with Crippen LogP contribution in [0.2, 0.25) is 0 Å². The van der Waals surface area contributed by atoms with Crippen molar-refractivity contribution in [2.45, 2.75) is 44.6 Å². The van der Waals surface area contributed by atoms with Gasteiger partial charge in [-0.2, -0.15) is 0 Å². The van der Waals surface area contributed by atoms with Crippen molar-refractivity contribution in [1.82, 2.24) is 10.6 Å². The quantitative estimate of drug-likeness (QED) is 0.723. The molecule has 0 atom stereocenters. The van der Waals surface area contributed by atoms with Gasteiger partial charge in [0.05, 0.1) is 18.8 Å². The van der Waals surface area contributed by atoms with Crippen molar-refractivity contribution in [2.75, 3.05) is 19.8 Å². The van der Waals surface area contributed by atoms with Gasteiger partial charge in [0.15, 0.2) is 0 Å². The summed E-state index contributed by atoms with van der Waals surface area (Å²) in [5.41, 5.74) is 0.662. The van der Waals surface area contributed by atoms with Gasteiger partial charge in [0.25, 0.3) is 0 Å². The summed E-state index contributed by atoms with van der Waals surface area (Å²) in [7, 11) is 0. The Kier molecular flexibility index (Phi) is 6.07. The van der Waals surface area contributed by atoms with Crippen molar-refractivity contribution in [3.05, 3.63) is 29.8 Å². The van der Waals surface area contributed by atoms with Crippen LogP contribution in [0, 0.1) is 0 Å². The first kappa shape index (κ1) is 16.6.